The third kappa shape index (κ3) is 3.77. The molecule has 1 aliphatic rings. The van der Waals surface area contributed by atoms with Gasteiger partial charge in [0.2, 0.25) is 0 Å². The zero-order valence-electron chi connectivity index (χ0n) is 14.6. The van der Waals surface area contributed by atoms with Crippen LogP contribution >= 0.6 is 10.8 Å². The molecule has 0 spiro atoms. The van der Waals surface area contributed by atoms with Crippen LogP contribution in [0.1, 0.15) is 58.2 Å². The molecule has 0 saturated heterocycles. The highest BCUT2D eigenvalue weighted by atomic mass is 33.3. The summed E-state index contributed by atoms with van der Waals surface area (Å²) in [6, 6.07) is 4.59. The largest absolute Gasteiger partial charge is 0.496 e. The number of ether oxygens (including phenoxy) is 1. The van der Waals surface area contributed by atoms with Crippen LogP contribution in [-0.2, 0) is 30.5 Å². The molecule has 0 N–H and O–H groups in total. The maximum Gasteiger partial charge on any atom is 0.126 e. The minimum atomic E-state index is 0.0101. The quantitative estimate of drug-likeness (QED) is 0.661. The maximum atomic E-state index is 5.82. The Labute approximate surface area is 145 Å². The van der Waals surface area contributed by atoms with E-state index in [4.69, 9.17) is 15.9 Å². The SMILES string of the molecule is COc1c(C(C)(C)C)cc(C2=CCS(=S)S2)cc1C(C)(C)C. The van der Waals surface area contributed by atoms with Crippen LogP contribution in [0.2, 0.25) is 0 Å². The Morgan fingerprint density at radius 3 is 1.86 bits per heavy atom. The zero-order valence-corrected chi connectivity index (χ0v) is 17.0. The summed E-state index contributed by atoms with van der Waals surface area (Å²) < 4.78 is 5.82. The fourth-order valence-corrected chi connectivity index (χ4v) is 5.99. The smallest absolute Gasteiger partial charge is 0.126 e. The lowest BCUT2D eigenvalue weighted by Crippen LogP contribution is -2.19. The lowest BCUT2D eigenvalue weighted by Gasteiger charge is -2.30. The molecule has 1 aromatic carbocycles. The van der Waals surface area contributed by atoms with Gasteiger partial charge in [0.25, 0.3) is 0 Å². The third-order valence-electron chi connectivity index (χ3n) is 3.78. The minimum absolute atomic E-state index is 0.0101. The molecule has 0 bridgehead atoms. The van der Waals surface area contributed by atoms with Gasteiger partial charge >= 0.3 is 0 Å². The van der Waals surface area contributed by atoms with Crippen molar-refractivity contribution in [2.45, 2.75) is 52.4 Å². The summed E-state index contributed by atoms with van der Waals surface area (Å²) in [4.78, 5) is 1.33. The molecule has 1 aromatic rings. The minimum Gasteiger partial charge on any atom is -0.496 e. The van der Waals surface area contributed by atoms with Crippen LogP contribution in [0, 0.1) is 0 Å². The first kappa shape index (κ1) is 18.0. The van der Waals surface area contributed by atoms with Gasteiger partial charge < -0.3 is 4.74 Å². The summed E-state index contributed by atoms with van der Waals surface area (Å²) in [5, 5.41) is 0. The van der Waals surface area contributed by atoms with E-state index >= 15 is 0 Å². The number of benzene rings is 1. The Morgan fingerprint density at radius 1 is 1.05 bits per heavy atom. The van der Waals surface area contributed by atoms with Gasteiger partial charge in [-0.3, -0.25) is 0 Å². The molecule has 0 saturated carbocycles. The number of methoxy groups -OCH3 is 1. The molecule has 1 nitrogen and oxygen atoms in total. The van der Waals surface area contributed by atoms with E-state index in [2.05, 4.69) is 59.8 Å². The fourth-order valence-electron chi connectivity index (χ4n) is 2.58. The summed E-state index contributed by atoms with van der Waals surface area (Å²) in [7, 11) is 3.63. The molecule has 1 unspecified atom stereocenters. The topological polar surface area (TPSA) is 9.23 Å². The third-order valence-corrected chi connectivity index (χ3v) is 7.51. The summed E-state index contributed by atoms with van der Waals surface area (Å²) in [6.07, 6.45) is 2.29. The summed E-state index contributed by atoms with van der Waals surface area (Å²) in [5.74, 6) is 2.04. The Kier molecular flexibility index (Phi) is 5.15. The van der Waals surface area contributed by atoms with E-state index in [0.717, 1.165) is 11.5 Å². The highest BCUT2D eigenvalue weighted by Gasteiger charge is 2.28. The molecule has 0 aromatic heterocycles. The first-order valence-electron chi connectivity index (χ1n) is 7.54. The van der Waals surface area contributed by atoms with Gasteiger partial charge in [-0.25, -0.2) is 0 Å². The zero-order chi connectivity index (χ0) is 16.7. The van der Waals surface area contributed by atoms with Crippen molar-refractivity contribution >= 4 is 35.4 Å². The van der Waals surface area contributed by atoms with Crippen LogP contribution in [0.5, 0.6) is 5.75 Å². The van der Waals surface area contributed by atoms with Crippen molar-refractivity contribution in [1.82, 2.24) is 0 Å². The van der Waals surface area contributed by atoms with Gasteiger partial charge in [0.15, 0.2) is 0 Å². The molecule has 0 amide bonds. The second-order valence-electron chi connectivity index (χ2n) is 7.73. The lowest BCUT2D eigenvalue weighted by atomic mass is 9.78. The second-order valence-corrected chi connectivity index (χ2v) is 12.8. The van der Waals surface area contributed by atoms with Gasteiger partial charge in [-0.15, -0.1) is 0 Å². The second kappa shape index (κ2) is 6.29. The van der Waals surface area contributed by atoms with Gasteiger partial charge in [-0.2, -0.15) is 0 Å². The Hall–Kier alpha value is -0.320. The molecule has 0 radical (unpaired) electrons. The Morgan fingerprint density at radius 2 is 1.55 bits per heavy atom. The number of hydrogen-bond donors (Lipinski definition) is 0. The molecule has 1 atom stereocenters. The molecule has 22 heavy (non-hydrogen) atoms. The van der Waals surface area contributed by atoms with Crippen LogP contribution in [-0.4, -0.2) is 12.9 Å². The molecule has 4 heteroatoms. The van der Waals surface area contributed by atoms with Crippen LogP contribution in [0.15, 0.2) is 18.2 Å². The van der Waals surface area contributed by atoms with Crippen molar-refractivity contribution in [3.8, 4) is 5.75 Å². The highest BCUT2D eigenvalue weighted by Crippen LogP contribution is 2.44. The van der Waals surface area contributed by atoms with E-state index < -0.39 is 0 Å². The molecule has 122 valence electrons. The van der Waals surface area contributed by atoms with Gasteiger partial charge in [0.1, 0.15) is 5.75 Å². The normalized spacial score (nSPS) is 19.2. The molecule has 1 heterocycles. The number of hydrogen-bond acceptors (Lipinski definition) is 3. The monoisotopic (exact) mass is 354 g/mol. The molecule has 2 rings (SSSR count). The maximum absolute atomic E-state index is 5.82. The first-order chi connectivity index (χ1) is 10.0. The van der Waals surface area contributed by atoms with Crippen molar-refractivity contribution < 1.29 is 4.74 Å². The van der Waals surface area contributed by atoms with Crippen LogP contribution in [0.4, 0.5) is 0 Å². The van der Waals surface area contributed by atoms with Gasteiger partial charge in [-0.05, 0) is 39.7 Å². The molecule has 1 aliphatic heterocycles. The molecule has 0 aliphatic carbocycles. The van der Waals surface area contributed by atoms with E-state index in [0.29, 0.717) is 0 Å². The average molecular weight is 355 g/mol. The van der Waals surface area contributed by atoms with Crippen LogP contribution < -0.4 is 4.74 Å². The van der Waals surface area contributed by atoms with E-state index in [9.17, 15) is 0 Å². The first-order valence-corrected chi connectivity index (χ1v) is 11.2. The van der Waals surface area contributed by atoms with E-state index in [-0.39, 0.29) is 19.3 Å². The molecular weight excluding hydrogens is 328 g/mol. The van der Waals surface area contributed by atoms with Crippen LogP contribution in [0.25, 0.3) is 4.91 Å². The van der Waals surface area contributed by atoms with Gasteiger partial charge in [0.05, 0.1) is 7.11 Å². The average Bonchev–Trinajstić information content (AvgIpc) is 2.81. The summed E-state index contributed by atoms with van der Waals surface area (Å²) in [6.45, 7) is 13.5. The standard InChI is InChI=1S/C18H26OS3/c1-17(2,3)13-10-12(15-8-9-22(20)21-15)11-14(16(13)19-7)18(4,5)6/h8,10-11H,9H2,1-7H3. The predicted octanol–water partition coefficient (Wildman–Crippen LogP) is 5.37. The van der Waals surface area contributed by atoms with Crippen molar-refractivity contribution in [3.05, 3.63) is 34.9 Å². The Bertz CT molecular complexity index is 596. The highest BCUT2D eigenvalue weighted by molar-refractivity contribution is 8.85. The van der Waals surface area contributed by atoms with E-state index in [1.165, 1.54) is 21.6 Å². The lowest BCUT2D eigenvalue weighted by molar-refractivity contribution is 0.381. The van der Waals surface area contributed by atoms with Crippen molar-refractivity contribution in [3.63, 3.8) is 0 Å². The van der Waals surface area contributed by atoms with Crippen molar-refractivity contribution in [2.75, 3.05) is 12.9 Å². The van der Waals surface area contributed by atoms with Gasteiger partial charge in [0, 0.05) is 21.8 Å². The van der Waals surface area contributed by atoms with Gasteiger partial charge in [-0.1, -0.05) is 66.9 Å². The fraction of sp³-hybridized carbons (Fsp3) is 0.556. The van der Waals surface area contributed by atoms with E-state index in [1.807, 2.05) is 10.8 Å². The van der Waals surface area contributed by atoms with Crippen molar-refractivity contribution in [1.29, 1.82) is 0 Å². The summed E-state index contributed by atoms with van der Waals surface area (Å²) >= 11 is 5.45. The van der Waals surface area contributed by atoms with Crippen molar-refractivity contribution in [2.24, 2.45) is 0 Å². The van der Waals surface area contributed by atoms with Crippen LogP contribution in [0.3, 0.4) is 0 Å². The van der Waals surface area contributed by atoms with E-state index in [1.54, 1.807) is 7.11 Å². The number of rotatable bonds is 2. The molecule has 0 fully saturated rings. The summed E-state index contributed by atoms with van der Waals surface area (Å²) in [5.41, 5.74) is 3.92. The predicted molar refractivity (Wildman–Crippen MR) is 106 cm³/mol. The molecular formula is C18H26OS3. The Balaban J connectivity index is 2.70.